The molecule has 0 fully saturated rings. The van der Waals surface area contributed by atoms with Crippen LogP contribution in [0, 0.1) is 0 Å². The first kappa shape index (κ1) is 66.4. The maximum absolute atomic E-state index is 10.4. The molecule has 21 rings (SSSR count). The average Bonchev–Trinajstić information content (AvgIpc) is 1.54. The summed E-state index contributed by atoms with van der Waals surface area (Å²) in [7, 11) is 0. The number of benzene rings is 17. The molecule has 1 aromatic heterocycles. The standard InChI is InChI=1S/C117H98BN3/c1-113(2,3)86-64-83(65-87(68-86)114(4,5)6)81-59-62-105-102(66-81)118-101-61-58-82(91-52-36-53-95-92-49-30-33-54-100(92)117(109(91)95,84-47-26-17-27-48-84)85-60-57-75-37-28-29-46-80(75)63-85)67-106(101)121(112-98(78-42-22-15-23-43-78)71-89(116(10,11)12)72-99(112)79-44-24-16-25-45-79)108-74-90(119-103-55-34-31-50-93(103)94-51-32-35-56-104(94)119)73-107(110(108)118)120(105)111-96(76-38-18-13-19-39-76)69-88(115(7,8)9)70-97(111)77-40-20-14-21-41-77/h13-74H,1-12H3/i31D,32D,34D,35D,50D,51D,55D,56D. The van der Waals surface area contributed by atoms with Crippen LogP contribution in [0.4, 0.5) is 34.1 Å². The average molecular weight is 1560 g/mol. The zero-order valence-electron chi connectivity index (χ0n) is 78.6. The van der Waals surface area contributed by atoms with Crippen molar-refractivity contribution in [2.75, 3.05) is 9.80 Å². The zero-order valence-corrected chi connectivity index (χ0v) is 70.6. The molecule has 0 saturated heterocycles. The molecule has 584 valence electrons. The largest absolute Gasteiger partial charge is 0.310 e. The van der Waals surface area contributed by atoms with Crippen molar-refractivity contribution in [1.82, 2.24) is 4.57 Å². The predicted molar refractivity (Wildman–Crippen MR) is 517 cm³/mol. The van der Waals surface area contributed by atoms with Crippen LogP contribution in [0.5, 0.6) is 0 Å². The third kappa shape index (κ3) is 12.3. The molecule has 2 aliphatic heterocycles. The van der Waals surface area contributed by atoms with Crippen molar-refractivity contribution < 1.29 is 11.0 Å². The van der Waals surface area contributed by atoms with E-state index < -0.39 is 65.9 Å². The number of hydrogen-bond acceptors (Lipinski definition) is 2. The number of hydrogen-bond donors (Lipinski definition) is 0. The maximum atomic E-state index is 10.4. The van der Waals surface area contributed by atoms with Crippen molar-refractivity contribution in [3.63, 3.8) is 0 Å². The van der Waals surface area contributed by atoms with Crippen LogP contribution < -0.4 is 26.2 Å². The summed E-state index contributed by atoms with van der Waals surface area (Å²) in [5, 5.41) is 2.26. The van der Waals surface area contributed by atoms with E-state index in [1.54, 1.807) is 4.57 Å². The Balaban J connectivity index is 0.998. The van der Waals surface area contributed by atoms with Crippen LogP contribution in [0.3, 0.4) is 0 Å². The summed E-state index contributed by atoms with van der Waals surface area (Å²) < 4.78 is 81.1. The van der Waals surface area contributed by atoms with Crippen molar-refractivity contribution in [1.29, 1.82) is 0 Å². The lowest BCUT2D eigenvalue weighted by molar-refractivity contribution is 0.569. The third-order valence-corrected chi connectivity index (χ3v) is 25.8. The minimum atomic E-state index is -0.863. The summed E-state index contributed by atoms with van der Waals surface area (Å²) in [5.74, 6) is 0. The van der Waals surface area contributed by atoms with E-state index in [4.69, 9.17) is 0 Å². The minimum absolute atomic E-state index is 0.0115. The van der Waals surface area contributed by atoms with E-state index in [1.165, 1.54) is 16.7 Å². The molecule has 3 heterocycles. The highest BCUT2D eigenvalue weighted by Crippen LogP contribution is 2.61. The number of fused-ring (bicyclic) bond motifs is 11. The highest BCUT2D eigenvalue weighted by Gasteiger charge is 2.50. The Kier molecular flexibility index (Phi) is 15.5. The number of nitrogens with zero attached hydrogens (tertiary/aromatic N) is 3. The first-order chi connectivity index (χ1) is 61.9. The smallest absolute Gasteiger partial charge is 0.252 e. The Labute approximate surface area is 724 Å². The van der Waals surface area contributed by atoms with E-state index in [-0.39, 0.29) is 38.1 Å². The maximum Gasteiger partial charge on any atom is 0.252 e. The number of aromatic nitrogens is 1. The van der Waals surface area contributed by atoms with Gasteiger partial charge in [-0.05, 0) is 216 Å². The Morgan fingerprint density at radius 3 is 1.24 bits per heavy atom. The summed E-state index contributed by atoms with van der Waals surface area (Å²) in [5.41, 5.74) is 29.7. The van der Waals surface area contributed by atoms with Crippen LogP contribution in [0.25, 0.3) is 116 Å². The molecule has 0 N–H and O–H groups in total. The van der Waals surface area contributed by atoms with Crippen molar-refractivity contribution in [2.45, 2.75) is 110 Å². The van der Waals surface area contributed by atoms with E-state index in [2.05, 4.69) is 420 Å². The van der Waals surface area contributed by atoms with Crippen molar-refractivity contribution >= 4 is 89.8 Å². The molecular weight excluding hydrogens is 1460 g/mol. The fourth-order valence-electron chi connectivity index (χ4n) is 19.7. The Morgan fingerprint density at radius 1 is 0.281 bits per heavy atom. The van der Waals surface area contributed by atoms with Gasteiger partial charge in [0.2, 0.25) is 0 Å². The number of anilines is 6. The van der Waals surface area contributed by atoms with Crippen molar-refractivity contribution in [3.8, 4) is 83.6 Å². The summed E-state index contributed by atoms with van der Waals surface area (Å²) in [6.45, 7) is 26.9. The fraction of sp³-hybridized carbons (Fsp3) is 0.145. The summed E-state index contributed by atoms with van der Waals surface area (Å²) in [6.07, 6.45) is 0. The van der Waals surface area contributed by atoms with Gasteiger partial charge in [0.25, 0.3) is 6.71 Å². The normalized spacial score (nSPS) is 15.2. The number of para-hydroxylation sites is 2. The molecule has 3 aliphatic rings. The van der Waals surface area contributed by atoms with Crippen LogP contribution in [0.15, 0.2) is 376 Å². The second-order valence-electron chi connectivity index (χ2n) is 37.4. The molecule has 1 atom stereocenters. The van der Waals surface area contributed by atoms with E-state index in [0.29, 0.717) is 5.69 Å². The zero-order chi connectivity index (χ0) is 89.6. The highest BCUT2D eigenvalue weighted by atomic mass is 15.2. The fourth-order valence-corrected chi connectivity index (χ4v) is 19.7. The molecule has 3 nitrogen and oxygen atoms in total. The summed E-state index contributed by atoms with van der Waals surface area (Å²) in [6, 6.07) is 117. The molecule has 0 radical (unpaired) electrons. The lowest BCUT2D eigenvalue weighted by Crippen LogP contribution is -2.61. The Bertz CT molecular complexity index is 7460. The molecule has 0 amide bonds. The van der Waals surface area contributed by atoms with Crippen molar-refractivity contribution in [3.05, 3.63) is 420 Å². The van der Waals surface area contributed by atoms with E-state index in [9.17, 15) is 11.0 Å². The van der Waals surface area contributed by atoms with Gasteiger partial charge in [0, 0.05) is 55.8 Å². The number of rotatable bonds is 11. The van der Waals surface area contributed by atoms with Crippen LogP contribution >= 0.6 is 0 Å². The van der Waals surface area contributed by atoms with Gasteiger partial charge in [-0.3, -0.25) is 0 Å². The van der Waals surface area contributed by atoms with Gasteiger partial charge in [0.05, 0.1) is 44.5 Å². The van der Waals surface area contributed by atoms with Gasteiger partial charge < -0.3 is 14.4 Å². The summed E-state index contributed by atoms with van der Waals surface area (Å²) in [4.78, 5) is 5.00. The third-order valence-electron chi connectivity index (χ3n) is 25.8. The lowest BCUT2D eigenvalue weighted by atomic mass is 9.33. The second kappa shape index (κ2) is 28.3. The molecule has 1 unspecified atom stereocenters. The first-order valence-corrected chi connectivity index (χ1v) is 42.5. The summed E-state index contributed by atoms with van der Waals surface area (Å²) >= 11 is 0. The first-order valence-electron chi connectivity index (χ1n) is 46.5. The minimum Gasteiger partial charge on any atom is -0.310 e. The van der Waals surface area contributed by atoms with Crippen molar-refractivity contribution in [2.24, 2.45) is 0 Å². The monoisotopic (exact) mass is 1560 g/mol. The topological polar surface area (TPSA) is 11.4 Å². The van der Waals surface area contributed by atoms with Gasteiger partial charge >= 0.3 is 0 Å². The van der Waals surface area contributed by atoms with Crippen LogP contribution in [-0.2, 0) is 27.1 Å². The van der Waals surface area contributed by atoms with Crippen LogP contribution in [0.1, 0.15) is 139 Å². The molecule has 1 aliphatic carbocycles. The van der Waals surface area contributed by atoms with Crippen LogP contribution in [-0.4, -0.2) is 11.3 Å². The van der Waals surface area contributed by atoms with E-state index in [1.807, 2.05) is 0 Å². The molecular formula is C117H98BN3. The van der Waals surface area contributed by atoms with Gasteiger partial charge in [-0.15, -0.1) is 0 Å². The van der Waals surface area contributed by atoms with Gasteiger partial charge in [0.15, 0.2) is 0 Å². The molecule has 0 bridgehead atoms. The van der Waals surface area contributed by atoms with Gasteiger partial charge in [-0.25, -0.2) is 0 Å². The molecule has 4 heteroatoms. The van der Waals surface area contributed by atoms with E-state index in [0.717, 1.165) is 167 Å². The predicted octanol–water partition coefficient (Wildman–Crippen LogP) is 29.6. The molecule has 18 aromatic rings. The van der Waals surface area contributed by atoms with Gasteiger partial charge in [-0.1, -0.05) is 392 Å². The van der Waals surface area contributed by atoms with Crippen LogP contribution in [0.2, 0.25) is 0 Å². The Hall–Kier alpha value is -13.5. The SMILES string of the molecule is [2H]c1c([2H])c([2H])c2c(c1[2H])c1c([2H])c([2H])c([2H])c([2H])c1n2-c1cc2c3c(c1)N(c1c(-c4ccccc4)cc(C(C)(C)C)cc1-c1ccccc1)c1cc(-c4cccc5c4C(c4ccccc4)(c4ccc6ccccc6c4)c4ccccc4-5)ccc1B3c1cc(-c3cc(C(C)(C)C)cc(C(C)(C)C)c3)ccc1N2c1c(-c2ccccc2)cc(C(C)(C)C)cc1-c1ccccc1. The van der Waals surface area contributed by atoms with Gasteiger partial charge in [0.1, 0.15) is 0 Å². The molecule has 17 aromatic carbocycles. The quantitative estimate of drug-likeness (QED) is 0.120. The Morgan fingerprint density at radius 2 is 0.719 bits per heavy atom. The second-order valence-corrected chi connectivity index (χ2v) is 37.4. The van der Waals surface area contributed by atoms with E-state index >= 15 is 0 Å². The highest BCUT2D eigenvalue weighted by molar-refractivity contribution is 7.00. The van der Waals surface area contributed by atoms with Gasteiger partial charge in [-0.2, -0.15) is 0 Å². The lowest BCUT2D eigenvalue weighted by Gasteiger charge is -2.46. The molecule has 121 heavy (non-hydrogen) atoms. The molecule has 0 spiro atoms. The molecule has 0 saturated carbocycles.